The van der Waals surface area contributed by atoms with Crippen molar-refractivity contribution in [3.8, 4) is 0 Å². The number of carbonyl (C=O) groups is 3. The van der Waals surface area contributed by atoms with Crippen LogP contribution in [0.15, 0.2) is 97.2 Å². The third-order valence-electron chi connectivity index (χ3n) is 15.6. The predicted octanol–water partition coefficient (Wildman–Crippen LogP) is 24.8. The van der Waals surface area contributed by atoms with Crippen LogP contribution in [0.25, 0.3) is 0 Å². The fourth-order valence-electron chi connectivity index (χ4n) is 10.2. The van der Waals surface area contributed by atoms with Gasteiger partial charge in [-0.25, -0.2) is 0 Å². The van der Waals surface area contributed by atoms with Crippen LogP contribution in [0.4, 0.5) is 0 Å². The van der Waals surface area contributed by atoms with E-state index in [1.54, 1.807) is 0 Å². The summed E-state index contributed by atoms with van der Waals surface area (Å²) in [6.45, 7) is 6.55. The first-order valence-corrected chi connectivity index (χ1v) is 35.7. The molecule has 0 N–H and O–H groups in total. The van der Waals surface area contributed by atoms with E-state index in [0.29, 0.717) is 19.3 Å². The number of esters is 3. The van der Waals surface area contributed by atoms with Gasteiger partial charge < -0.3 is 14.2 Å². The molecule has 0 spiro atoms. The van der Waals surface area contributed by atoms with Crippen LogP contribution in [0.5, 0.6) is 0 Å². The Morgan fingerprint density at radius 3 is 0.759 bits per heavy atom. The van der Waals surface area contributed by atoms with Crippen LogP contribution < -0.4 is 0 Å². The smallest absolute Gasteiger partial charge is 0.306 e. The predicted molar refractivity (Wildman–Crippen MR) is 362 cm³/mol. The summed E-state index contributed by atoms with van der Waals surface area (Å²) in [6, 6.07) is 0. The molecule has 0 aliphatic heterocycles. The van der Waals surface area contributed by atoms with Crippen LogP contribution in [0.2, 0.25) is 0 Å². The number of rotatable bonds is 65. The van der Waals surface area contributed by atoms with E-state index in [0.717, 1.165) is 109 Å². The molecule has 0 aliphatic carbocycles. The van der Waals surface area contributed by atoms with Gasteiger partial charge in [0.05, 0.1) is 0 Å². The van der Waals surface area contributed by atoms with Gasteiger partial charge in [-0.15, -0.1) is 0 Å². The van der Waals surface area contributed by atoms with E-state index in [1.165, 1.54) is 205 Å². The van der Waals surface area contributed by atoms with E-state index < -0.39 is 6.10 Å². The molecule has 0 fully saturated rings. The van der Waals surface area contributed by atoms with Crippen molar-refractivity contribution in [2.45, 2.75) is 361 Å². The van der Waals surface area contributed by atoms with E-state index >= 15 is 0 Å². The van der Waals surface area contributed by atoms with Gasteiger partial charge in [-0.3, -0.25) is 14.4 Å². The number of ether oxygens (including phenoxy) is 3. The van der Waals surface area contributed by atoms with Crippen LogP contribution in [-0.4, -0.2) is 37.2 Å². The fraction of sp³-hybridized carbons (Fsp3) is 0.753. The van der Waals surface area contributed by atoms with Crippen LogP contribution in [0, 0.1) is 0 Å². The van der Waals surface area contributed by atoms with E-state index in [1.807, 2.05) is 0 Å². The lowest BCUT2D eigenvalue weighted by Crippen LogP contribution is -2.30. The maximum atomic E-state index is 13.0. The van der Waals surface area contributed by atoms with Gasteiger partial charge in [0.25, 0.3) is 0 Å². The molecule has 0 heterocycles. The zero-order valence-corrected chi connectivity index (χ0v) is 54.9. The van der Waals surface area contributed by atoms with Crippen molar-refractivity contribution in [2.75, 3.05) is 13.2 Å². The Morgan fingerprint density at radius 1 is 0.253 bits per heavy atom. The molecule has 478 valence electrons. The highest BCUT2D eigenvalue weighted by atomic mass is 16.6. The lowest BCUT2D eigenvalue weighted by Gasteiger charge is -2.18. The molecule has 6 nitrogen and oxygen atoms in total. The molecule has 1 atom stereocenters. The summed E-state index contributed by atoms with van der Waals surface area (Å²) in [4.78, 5) is 38.5. The molecule has 0 radical (unpaired) electrons. The molecule has 0 saturated carbocycles. The molecule has 0 aromatic rings. The number of allylic oxidation sites excluding steroid dienone is 16. The number of carbonyl (C=O) groups excluding carboxylic acids is 3. The van der Waals surface area contributed by atoms with Gasteiger partial charge in [0.1, 0.15) is 13.2 Å². The van der Waals surface area contributed by atoms with Gasteiger partial charge in [0.2, 0.25) is 0 Å². The van der Waals surface area contributed by atoms with Crippen LogP contribution >= 0.6 is 0 Å². The lowest BCUT2D eigenvalue weighted by molar-refractivity contribution is -0.167. The van der Waals surface area contributed by atoms with Gasteiger partial charge in [-0.1, -0.05) is 330 Å². The quantitative estimate of drug-likeness (QED) is 0.0261. The molecule has 0 saturated heterocycles. The molecule has 0 amide bonds. The first-order chi connectivity index (χ1) is 41.0. The first kappa shape index (κ1) is 79.3. The van der Waals surface area contributed by atoms with Gasteiger partial charge >= 0.3 is 17.9 Å². The van der Waals surface area contributed by atoms with Crippen molar-refractivity contribution in [2.24, 2.45) is 0 Å². The van der Waals surface area contributed by atoms with Crippen LogP contribution in [-0.2, 0) is 28.6 Å². The van der Waals surface area contributed by atoms with Crippen molar-refractivity contribution in [3.63, 3.8) is 0 Å². The maximum absolute atomic E-state index is 13.0. The summed E-state index contributed by atoms with van der Waals surface area (Å²) in [7, 11) is 0. The summed E-state index contributed by atoms with van der Waals surface area (Å²) in [6.07, 6.45) is 95.7. The summed E-state index contributed by atoms with van der Waals surface area (Å²) in [5.74, 6) is -0.901. The minimum atomic E-state index is -0.792. The Morgan fingerprint density at radius 2 is 0.470 bits per heavy atom. The summed E-state index contributed by atoms with van der Waals surface area (Å²) in [5, 5.41) is 0. The number of hydrogen-bond donors (Lipinski definition) is 0. The van der Waals surface area contributed by atoms with Gasteiger partial charge in [0.15, 0.2) is 6.10 Å². The number of hydrogen-bond acceptors (Lipinski definition) is 6. The highest BCUT2D eigenvalue weighted by Crippen LogP contribution is 2.17. The molecule has 6 heteroatoms. The Kier molecular flexibility index (Phi) is 67.7. The Labute approximate surface area is 515 Å². The highest BCUT2D eigenvalue weighted by Gasteiger charge is 2.19. The second-order valence-corrected chi connectivity index (χ2v) is 23.8. The Bertz CT molecular complexity index is 1610. The molecule has 0 aliphatic rings. The van der Waals surface area contributed by atoms with E-state index in [4.69, 9.17) is 14.2 Å². The van der Waals surface area contributed by atoms with Crippen LogP contribution in [0.3, 0.4) is 0 Å². The Balaban J connectivity index is 4.38. The first-order valence-electron chi connectivity index (χ1n) is 35.7. The normalized spacial score (nSPS) is 12.7. The summed E-state index contributed by atoms with van der Waals surface area (Å²) in [5.41, 5.74) is 0. The zero-order chi connectivity index (χ0) is 59.9. The van der Waals surface area contributed by atoms with Crippen molar-refractivity contribution in [1.29, 1.82) is 0 Å². The van der Waals surface area contributed by atoms with Crippen molar-refractivity contribution in [1.82, 2.24) is 0 Å². The van der Waals surface area contributed by atoms with Crippen LogP contribution in [0.1, 0.15) is 355 Å². The minimum Gasteiger partial charge on any atom is -0.462 e. The monoisotopic (exact) mass is 1160 g/mol. The van der Waals surface area contributed by atoms with E-state index in [-0.39, 0.29) is 31.1 Å². The molecule has 0 rings (SSSR count). The Hall–Kier alpha value is -3.67. The van der Waals surface area contributed by atoms with E-state index in [2.05, 4.69) is 118 Å². The van der Waals surface area contributed by atoms with Crippen molar-refractivity contribution >= 4 is 17.9 Å². The van der Waals surface area contributed by atoms with Gasteiger partial charge in [-0.2, -0.15) is 0 Å². The second kappa shape index (κ2) is 70.8. The van der Waals surface area contributed by atoms with Gasteiger partial charge in [0, 0.05) is 19.3 Å². The topological polar surface area (TPSA) is 78.9 Å². The molecule has 0 bridgehead atoms. The van der Waals surface area contributed by atoms with Crippen molar-refractivity contribution < 1.29 is 28.6 Å². The van der Waals surface area contributed by atoms with Gasteiger partial charge in [-0.05, 0) is 103 Å². The molecule has 1 unspecified atom stereocenters. The third-order valence-corrected chi connectivity index (χ3v) is 15.6. The average molecular weight is 1160 g/mol. The second-order valence-electron chi connectivity index (χ2n) is 23.8. The minimum absolute atomic E-state index is 0.0848. The fourth-order valence-corrected chi connectivity index (χ4v) is 10.2. The average Bonchev–Trinajstić information content (AvgIpc) is 3.49. The largest absolute Gasteiger partial charge is 0.462 e. The summed E-state index contributed by atoms with van der Waals surface area (Å²) >= 11 is 0. The molecular weight excluding hydrogens is 1020 g/mol. The standard InChI is InChI=1S/C77H134O6/c1-4-7-10-13-16-19-22-25-28-30-32-34-36-38-40-42-44-46-49-52-55-58-61-64-67-70-76(79)82-73-74(72-81-75(78)69-66-63-60-57-54-51-48-27-24-21-18-15-12-9-6-3)83-77(80)71-68-65-62-59-56-53-50-47-45-43-41-39-37-35-33-31-29-26-23-20-17-14-11-8-5-2/h7,10,16,19,25,28,31-34,38,40,44,46,52,55,74H,4-6,8-9,11-15,17-18,20-24,26-27,29-30,35-37,39,41-43,45,47-51,53-54,56-73H2,1-3H3/b10-7-,19-16-,28-25-,33-31-,34-32-,40-38-,46-44-,55-52-. The lowest BCUT2D eigenvalue weighted by atomic mass is 10.0. The molecule has 0 aromatic carbocycles. The van der Waals surface area contributed by atoms with Crippen molar-refractivity contribution in [3.05, 3.63) is 97.2 Å². The molecular formula is C77H134O6. The maximum Gasteiger partial charge on any atom is 0.306 e. The molecule has 0 aromatic heterocycles. The SMILES string of the molecule is CC/C=C\C/C=C\C/C=C\C/C=C\C/C=C\C/C=C\C/C=C\CCCCCC(=O)OCC(COC(=O)CCCCCCCCCCCCCCCCC)OC(=O)CCCCCCCCCCCCCCC/C=C\CCCCCCCCCC. The highest BCUT2D eigenvalue weighted by molar-refractivity contribution is 5.71. The third kappa shape index (κ3) is 69.0. The zero-order valence-electron chi connectivity index (χ0n) is 54.9. The van der Waals surface area contributed by atoms with E-state index in [9.17, 15) is 14.4 Å². The summed E-state index contributed by atoms with van der Waals surface area (Å²) < 4.78 is 17.0. The number of unbranched alkanes of at least 4 members (excludes halogenated alkanes) is 38. The molecule has 83 heavy (non-hydrogen) atoms.